The highest BCUT2D eigenvalue weighted by atomic mass is 32.2. The fourth-order valence-electron chi connectivity index (χ4n) is 2.81. The first-order valence-corrected chi connectivity index (χ1v) is 9.67. The van der Waals surface area contributed by atoms with E-state index in [0.29, 0.717) is 6.42 Å². The Morgan fingerprint density at radius 2 is 1.64 bits per heavy atom. The van der Waals surface area contributed by atoms with Gasteiger partial charge < -0.3 is 4.74 Å². The summed E-state index contributed by atoms with van der Waals surface area (Å²) in [6.07, 6.45) is 0.652. The third kappa shape index (κ3) is 3.83. The molecular weight excluding hydrogens is 334 g/mol. The van der Waals surface area contributed by atoms with Gasteiger partial charge in [-0.1, -0.05) is 49.4 Å². The maximum atomic E-state index is 12.8. The molecule has 0 aliphatic rings. The molecule has 4 nitrogen and oxygen atoms in total. The van der Waals surface area contributed by atoms with E-state index in [2.05, 4.69) is 4.72 Å². The van der Waals surface area contributed by atoms with Gasteiger partial charge in [-0.25, -0.2) is 13.1 Å². The van der Waals surface area contributed by atoms with Crippen molar-refractivity contribution in [2.75, 3.05) is 7.11 Å². The number of hydrogen-bond donors (Lipinski definition) is 1. The summed E-state index contributed by atoms with van der Waals surface area (Å²) in [6, 6.07) is 20.0. The summed E-state index contributed by atoms with van der Waals surface area (Å²) < 4.78 is 33.6. The number of rotatable bonds is 6. The summed E-state index contributed by atoms with van der Waals surface area (Å²) in [6.45, 7) is 1.96. The fourth-order valence-corrected chi connectivity index (χ4v) is 4.16. The molecule has 1 unspecified atom stereocenters. The van der Waals surface area contributed by atoms with Crippen LogP contribution in [0.15, 0.2) is 71.6 Å². The average Bonchev–Trinajstić information content (AvgIpc) is 2.66. The van der Waals surface area contributed by atoms with E-state index in [1.165, 1.54) is 0 Å². The fraction of sp³-hybridized carbons (Fsp3) is 0.200. The van der Waals surface area contributed by atoms with Gasteiger partial charge in [-0.3, -0.25) is 0 Å². The second-order valence-corrected chi connectivity index (χ2v) is 7.58. The number of methoxy groups -OCH3 is 1. The Bertz CT molecular complexity index is 966. The summed E-state index contributed by atoms with van der Waals surface area (Å²) >= 11 is 0. The minimum atomic E-state index is -3.61. The largest absolute Gasteiger partial charge is 0.497 e. The maximum absolute atomic E-state index is 12.8. The number of benzene rings is 3. The number of ether oxygens (including phenoxy) is 1. The predicted octanol–water partition coefficient (Wildman–Crippen LogP) is 4.28. The molecule has 0 saturated carbocycles. The number of hydrogen-bond acceptors (Lipinski definition) is 3. The van der Waals surface area contributed by atoms with E-state index in [9.17, 15) is 8.42 Å². The number of fused-ring (bicyclic) bond motifs is 1. The lowest BCUT2D eigenvalue weighted by molar-refractivity contribution is 0.414. The van der Waals surface area contributed by atoms with Crippen molar-refractivity contribution in [3.63, 3.8) is 0 Å². The van der Waals surface area contributed by atoms with Gasteiger partial charge in [0.25, 0.3) is 0 Å². The molecule has 25 heavy (non-hydrogen) atoms. The zero-order chi connectivity index (χ0) is 17.9. The van der Waals surface area contributed by atoms with Crippen LogP contribution in [-0.2, 0) is 10.0 Å². The molecule has 5 heteroatoms. The van der Waals surface area contributed by atoms with Gasteiger partial charge in [0.15, 0.2) is 0 Å². The minimum absolute atomic E-state index is 0.276. The van der Waals surface area contributed by atoms with E-state index in [4.69, 9.17) is 4.74 Å². The molecule has 1 N–H and O–H groups in total. The van der Waals surface area contributed by atoms with E-state index in [1.807, 2.05) is 61.5 Å². The molecular formula is C20H21NO3S. The Hall–Kier alpha value is -2.37. The van der Waals surface area contributed by atoms with Crippen LogP contribution in [0.1, 0.15) is 24.9 Å². The SMILES string of the molecule is CCC(NS(=O)(=O)c1ccc2ccccc2c1)c1ccc(OC)cc1. The third-order valence-corrected chi connectivity index (χ3v) is 5.72. The Labute approximate surface area is 148 Å². The quantitative estimate of drug-likeness (QED) is 0.718. The molecule has 0 aliphatic heterocycles. The van der Waals surface area contributed by atoms with Crippen molar-refractivity contribution in [2.24, 2.45) is 0 Å². The van der Waals surface area contributed by atoms with Crippen molar-refractivity contribution < 1.29 is 13.2 Å². The molecule has 0 bridgehead atoms. The smallest absolute Gasteiger partial charge is 0.241 e. The highest BCUT2D eigenvalue weighted by Gasteiger charge is 2.20. The normalized spacial score (nSPS) is 12.9. The van der Waals surface area contributed by atoms with Crippen LogP contribution in [0.5, 0.6) is 5.75 Å². The first-order valence-electron chi connectivity index (χ1n) is 8.18. The van der Waals surface area contributed by atoms with Gasteiger partial charge in [0, 0.05) is 6.04 Å². The van der Waals surface area contributed by atoms with Crippen LogP contribution >= 0.6 is 0 Å². The predicted molar refractivity (Wildman–Crippen MR) is 100 cm³/mol. The second-order valence-electron chi connectivity index (χ2n) is 5.86. The van der Waals surface area contributed by atoms with Crippen molar-refractivity contribution >= 4 is 20.8 Å². The zero-order valence-electron chi connectivity index (χ0n) is 14.3. The lowest BCUT2D eigenvalue weighted by atomic mass is 10.1. The van der Waals surface area contributed by atoms with Gasteiger partial charge in [-0.15, -0.1) is 0 Å². The van der Waals surface area contributed by atoms with E-state index in [1.54, 1.807) is 19.2 Å². The van der Waals surface area contributed by atoms with Crippen LogP contribution < -0.4 is 9.46 Å². The van der Waals surface area contributed by atoms with Crippen molar-refractivity contribution in [1.82, 2.24) is 4.72 Å². The van der Waals surface area contributed by atoms with Crippen LogP contribution in [0.4, 0.5) is 0 Å². The topological polar surface area (TPSA) is 55.4 Å². The molecule has 0 spiro atoms. The molecule has 0 fully saturated rings. The maximum Gasteiger partial charge on any atom is 0.241 e. The summed E-state index contributed by atoms with van der Waals surface area (Å²) in [5.74, 6) is 0.746. The summed E-state index contributed by atoms with van der Waals surface area (Å²) in [4.78, 5) is 0.276. The highest BCUT2D eigenvalue weighted by Crippen LogP contribution is 2.24. The molecule has 130 valence electrons. The lowest BCUT2D eigenvalue weighted by Gasteiger charge is -2.18. The van der Waals surface area contributed by atoms with Crippen LogP contribution in [-0.4, -0.2) is 15.5 Å². The van der Waals surface area contributed by atoms with Gasteiger partial charge in [0.2, 0.25) is 10.0 Å². The molecule has 3 rings (SSSR count). The van der Waals surface area contributed by atoms with E-state index in [-0.39, 0.29) is 10.9 Å². The van der Waals surface area contributed by atoms with E-state index < -0.39 is 10.0 Å². The van der Waals surface area contributed by atoms with Gasteiger partial charge in [-0.2, -0.15) is 0 Å². The molecule has 0 heterocycles. The molecule has 0 aromatic heterocycles. The van der Waals surface area contributed by atoms with Crippen LogP contribution in [0, 0.1) is 0 Å². The van der Waals surface area contributed by atoms with Crippen LogP contribution in [0.2, 0.25) is 0 Å². The second kappa shape index (κ2) is 7.25. The first kappa shape index (κ1) is 17.5. The van der Waals surface area contributed by atoms with Crippen molar-refractivity contribution in [3.05, 3.63) is 72.3 Å². The molecule has 0 radical (unpaired) electrons. The van der Waals surface area contributed by atoms with Crippen molar-refractivity contribution in [2.45, 2.75) is 24.3 Å². The Kier molecular flexibility index (Phi) is 5.06. The molecule has 3 aromatic carbocycles. The van der Waals surface area contributed by atoms with E-state index in [0.717, 1.165) is 22.1 Å². The molecule has 1 atom stereocenters. The monoisotopic (exact) mass is 355 g/mol. The summed E-state index contributed by atoms with van der Waals surface area (Å²) in [7, 11) is -2.00. The molecule has 0 saturated heterocycles. The Morgan fingerprint density at radius 3 is 2.28 bits per heavy atom. The Balaban J connectivity index is 1.89. The number of nitrogens with one attached hydrogen (secondary N) is 1. The van der Waals surface area contributed by atoms with Gasteiger partial charge >= 0.3 is 0 Å². The van der Waals surface area contributed by atoms with Gasteiger partial charge in [0.1, 0.15) is 5.75 Å². The summed E-state index contributed by atoms with van der Waals surface area (Å²) in [5.41, 5.74) is 0.910. The van der Waals surface area contributed by atoms with Gasteiger partial charge in [0.05, 0.1) is 12.0 Å². The Morgan fingerprint density at radius 1 is 0.960 bits per heavy atom. The number of sulfonamides is 1. The highest BCUT2D eigenvalue weighted by molar-refractivity contribution is 7.89. The summed E-state index contributed by atoms with van der Waals surface area (Å²) in [5, 5.41) is 1.92. The standard InChI is InChI=1S/C20H21NO3S/c1-3-20(16-8-11-18(24-2)12-9-16)21-25(22,23)19-13-10-15-6-4-5-7-17(15)14-19/h4-14,20-21H,3H2,1-2H3. The average molecular weight is 355 g/mol. The minimum Gasteiger partial charge on any atom is -0.497 e. The lowest BCUT2D eigenvalue weighted by Crippen LogP contribution is -2.28. The molecule has 0 aliphatic carbocycles. The van der Waals surface area contributed by atoms with Gasteiger partial charge in [-0.05, 0) is 47.0 Å². The third-order valence-electron chi connectivity index (χ3n) is 4.26. The van der Waals surface area contributed by atoms with E-state index >= 15 is 0 Å². The van der Waals surface area contributed by atoms with Crippen LogP contribution in [0.25, 0.3) is 10.8 Å². The van der Waals surface area contributed by atoms with Crippen molar-refractivity contribution in [3.8, 4) is 5.75 Å². The first-order chi connectivity index (χ1) is 12.0. The molecule has 3 aromatic rings. The zero-order valence-corrected chi connectivity index (χ0v) is 15.1. The van der Waals surface area contributed by atoms with Crippen LogP contribution in [0.3, 0.4) is 0 Å². The molecule has 0 amide bonds. The van der Waals surface area contributed by atoms with Crippen molar-refractivity contribution in [1.29, 1.82) is 0 Å².